The van der Waals surface area contributed by atoms with Gasteiger partial charge in [-0.2, -0.15) is 5.10 Å². The Hall–Kier alpha value is -1.85. The Bertz CT molecular complexity index is 357. The van der Waals surface area contributed by atoms with E-state index in [4.69, 9.17) is 5.11 Å². The minimum atomic E-state index is -1.41. The van der Waals surface area contributed by atoms with E-state index in [1.54, 1.807) is 12.4 Å². The molecule has 0 aliphatic heterocycles. The van der Waals surface area contributed by atoms with E-state index in [2.05, 4.69) is 15.5 Å². The molecule has 0 aromatic carbocycles. The fourth-order valence-electron chi connectivity index (χ4n) is 0.875. The minimum absolute atomic E-state index is 0.270. The van der Waals surface area contributed by atoms with Crippen molar-refractivity contribution < 1.29 is 14.7 Å². The SMILES string of the molecule is CC(C)(C(=O)O)C(=O)NCc1cn[nH]c1. The number of aliphatic carboxylic acids is 1. The molecule has 0 aliphatic carbocycles. The highest BCUT2D eigenvalue weighted by Crippen LogP contribution is 2.15. The predicted octanol–water partition coefficient (Wildman–Crippen LogP) is 0.137. The molecule has 1 aromatic heterocycles. The van der Waals surface area contributed by atoms with Crippen molar-refractivity contribution in [2.24, 2.45) is 5.41 Å². The number of carboxylic acids is 1. The van der Waals surface area contributed by atoms with Gasteiger partial charge in [0.1, 0.15) is 5.41 Å². The first-order valence-corrected chi connectivity index (χ1v) is 4.44. The van der Waals surface area contributed by atoms with E-state index in [0.717, 1.165) is 5.56 Å². The molecule has 0 radical (unpaired) electrons. The maximum Gasteiger partial charge on any atom is 0.318 e. The monoisotopic (exact) mass is 211 g/mol. The van der Waals surface area contributed by atoms with E-state index in [1.165, 1.54) is 13.8 Å². The first-order valence-electron chi connectivity index (χ1n) is 4.44. The summed E-state index contributed by atoms with van der Waals surface area (Å²) in [6, 6.07) is 0. The number of hydrogen-bond donors (Lipinski definition) is 3. The number of carbonyl (C=O) groups is 2. The summed E-state index contributed by atoms with van der Waals surface area (Å²) in [7, 11) is 0. The first kappa shape index (κ1) is 11.2. The van der Waals surface area contributed by atoms with Gasteiger partial charge in [0.15, 0.2) is 0 Å². The summed E-state index contributed by atoms with van der Waals surface area (Å²) >= 11 is 0. The summed E-state index contributed by atoms with van der Waals surface area (Å²) in [4.78, 5) is 22.2. The van der Waals surface area contributed by atoms with Crippen molar-refractivity contribution in [1.82, 2.24) is 15.5 Å². The summed E-state index contributed by atoms with van der Waals surface area (Å²) in [6.07, 6.45) is 3.20. The van der Waals surface area contributed by atoms with Crippen LogP contribution in [0.2, 0.25) is 0 Å². The van der Waals surface area contributed by atoms with E-state index in [9.17, 15) is 9.59 Å². The molecule has 1 rings (SSSR count). The number of aromatic nitrogens is 2. The number of hydrogen-bond acceptors (Lipinski definition) is 3. The third-order valence-electron chi connectivity index (χ3n) is 2.11. The maximum atomic E-state index is 11.5. The Kier molecular flexibility index (Phi) is 3.08. The normalized spacial score (nSPS) is 11.1. The van der Waals surface area contributed by atoms with Crippen LogP contribution in [0.3, 0.4) is 0 Å². The number of carbonyl (C=O) groups excluding carboxylic acids is 1. The van der Waals surface area contributed by atoms with Crippen molar-refractivity contribution >= 4 is 11.9 Å². The molecule has 0 spiro atoms. The number of nitrogens with zero attached hydrogens (tertiary/aromatic N) is 1. The van der Waals surface area contributed by atoms with Gasteiger partial charge in [0, 0.05) is 18.3 Å². The van der Waals surface area contributed by atoms with Crippen molar-refractivity contribution in [3.05, 3.63) is 18.0 Å². The van der Waals surface area contributed by atoms with E-state index in [-0.39, 0.29) is 6.54 Å². The van der Waals surface area contributed by atoms with Gasteiger partial charge in [-0.3, -0.25) is 14.7 Å². The van der Waals surface area contributed by atoms with Gasteiger partial charge in [-0.1, -0.05) is 0 Å². The van der Waals surface area contributed by atoms with Crippen LogP contribution in [0.25, 0.3) is 0 Å². The third-order valence-corrected chi connectivity index (χ3v) is 2.11. The first-order chi connectivity index (χ1) is 6.94. The molecule has 1 aromatic rings. The Morgan fingerprint density at radius 2 is 2.27 bits per heavy atom. The molecule has 6 heteroatoms. The average Bonchev–Trinajstić information content (AvgIpc) is 2.66. The number of aromatic amines is 1. The van der Waals surface area contributed by atoms with Crippen LogP contribution < -0.4 is 5.32 Å². The van der Waals surface area contributed by atoms with Crippen LogP contribution in [0.15, 0.2) is 12.4 Å². The molecule has 0 fully saturated rings. The predicted molar refractivity (Wildman–Crippen MR) is 51.9 cm³/mol. The fourth-order valence-corrected chi connectivity index (χ4v) is 0.875. The standard InChI is InChI=1S/C9H13N3O3/c1-9(2,8(14)15)7(13)10-3-6-4-11-12-5-6/h4-5H,3H2,1-2H3,(H,10,13)(H,11,12)(H,14,15). The summed E-state index contributed by atoms with van der Waals surface area (Å²) in [6.45, 7) is 2.99. The Balaban J connectivity index is 2.53. The Morgan fingerprint density at radius 3 is 2.73 bits per heavy atom. The van der Waals surface area contributed by atoms with Gasteiger partial charge in [-0.15, -0.1) is 0 Å². The number of amides is 1. The molecule has 0 unspecified atom stereocenters. The Labute approximate surface area is 86.7 Å². The van der Waals surface area contributed by atoms with Crippen molar-refractivity contribution in [1.29, 1.82) is 0 Å². The smallest absolute Gasteiger partial charge is 0.318 e. The van der Waals surface area contributed by atoms with Crippen molar-refractivity contribution in [3.63, 3.8) is 0 Å². The summed E-state index contributed by atoms with van der Waals surface area (Å²) in [5.74, 6) is -1.66. The zero-order valence-corrected chi connectivity index (χ0v) is 8.57. The molecular formula is C9H13N3O3. The molecule has 0 bridgehead atoms. The van der Waals surface area contributed by atoms with Gasteiger partial charge >= 0.3 is 5.97 Å². The van der Waals surface area contributed by atoms with Gasteiger partial charge in [0.05, 0.1) is 6.20 Å². The van der Waals surface area contributed by atoms with Gasteiger partial charge in [0.25, 0.3) is 0 Å². The van der Waals surface area contributed by atoms with E-state index < -0.39 is 17.3 Å². The lowest BCUT2D eigenvalue weighted by atomic mass is 9.93. The topological polar surface area (TPSA) is 95.1 Å². The van der Waals surface area contributed by atoms with Crippen LogP contribution in [-0.2, 0) is 16.1 Å². The van der Waals surface area contributed by atoms with E-state index >= 15 is 0 Å². The number of carboxylic acid groups (broad SMARTS) is 1. The minimum Gasteiger partial charge on any atom is -0.480 e. The molecule has 3 N–H and O–H groups in total. The number of rotatable bonds is 4. The van der Waals surface area contributed by atoms with Crippen LogP contribution in [0.1, 0.15) is 19.4 Å². The zero-order valence-electron chi connectivity index (χ0n) is 8.57. The van der Waals surface area contributed by atoms with Gasteiger partial charge < -0.3 is 10.4 Å². The molecule has 1 heterocycles. The highest BCUT2D eigenvalue weighted by molar-refractivity contribution is 6.00. The molecule has 82 valence electrons. The summed E-state index contributed by atoms with van der Waals surface area (Å²) in [5.41, 5.74) is -0.617. The second-order valence-electron chi connectivity index (χ2n) is 3.72. The second kappa shape index (κ2) is 4.12. The van der Waals surface area contributed by atoms with Gasteiger partial charge in [0.2, 0.25) is 5.91 Å². The second-order valence-corrected chi connectivity index (χ2v) is 3.72. The lowest BCUT2D eigenvalue weighted by molar-refractivity contribution is -0.153. The quantitative estimate of drug-likeness (QED) is 0.617. The van der Waals surface area contributed by atoms with E-state index in [1.807, 2.05) is 0 Å². The average molecular weight is 211 g/mol. The van der Waals surface area contributed by atoms with Crippen LogP contribution in [0.5, 0.6) is 0 Å². The largest absolute Gasteiger partial charge is 0.480 e. The third kappa shape index (κ3) is 2.55. The molecular weight excluding hydrogens is 198 g/mol. The number of H-pyrrole nitrogens is 1. The highest BCUT2D eigenvalue weighted by atomic mass is 16.4. The molecule has 0 atom stereocenters. The molecule has 0 aliphatic rings. The van der Waals surface area contributed by atoms with Gasteiger partial charge in [-0.05, 0) is 13.8 Å². The lowest BCUT2D eigenvalue weighted by Gasteiger charge is -2.17. The Morgan fingerprint density at radius 1 is 1.60 bits per heavy atom. The van der Waals surface area contributed by atoms with Crippen LogP contribution in [0.4, 0.5) is 0 Å². The van der Waals surface area contributed by atoms with Gasteiger partial charge in [-0.25, -0.2) is 0 Å². The number of nitrogens with one attached hydrogen (secondary N) is 2. The molecule has 6 nitrogen and oxygen atoms in total. The molecule has 15 heavy (non-hydrogen) atoms. The molecule has 1 amide bonds. The maximum absolute atomic E-state index is 11.5. The zero-order chi connectivity index (χ0) is 11.5. The molecule has 0 saturated heterocycles. The summed E-state index contributed by atoms with van der Waals surface area (Å²) in [5, 5.41) is 17.6. The van der Waals surface area contributed by atoms with E-state index in [0.29, 0.717) is 0 Å². The summed E-state index contributed by atoms with van der Waals surface area (Å²) < 4.78 is 0. The van der Waals surface area contributed by atoms with Crippen molar-refractivity contribution in [2.75, 3.05) is 0 Å². The fraction of sp³-hybridized carbons (Fsp3) is 0.444. The van der Waals surface area contributed by atoms with Crippen molar-refractivity contribution in [3.8, 4) is 0 Å². The highest BCUT2D eigenvalue weighted by Gasteiger charge is 2.35. The van der Waals surface area contributed by atoms with Crippen LogP contribution in [0, 0.1) is 5.41 Å². The molecule has 0 saturated carbocycles. The van der Waals surface area contributed by atoms with Crippen LogP contribution >= 0.6 is 0 Å². The lowest BCUT2D eigenvalue weighted by Crippen LogP contribution is -2.41. The van der Waals surface area contributed by atoms with Crippen molar-refractivity contribution in [2.45, 2.75) is 20.4 Å². The van der Waals surface area contributed by atoms with Crippen LogP contribution in [-0.4, -0.2) is 27.2 Å².